The molecule has 0 rings (SSSR count). The fourth-order valence-corrected chi connectivity index (χ4v) is 0.410. The zero-order valence-corrected chi connectivity index (χ0v) is 6.20. The van der Waals surface area contributed by atoms with Crippen LogP contribution in [0, 0.1) is 0 Å². The van der Waals surface area contributed by atoms with Gasteiger partial charge < -0.3 is 5.11 Å². The Labute approximate surface area is 63.8 Å². The first kappa shape index (κ1) is 10.1. The highest BCUT2D eigenvalue weighted by atomic mass is 17.2. The largest absolute Gasteiger partial charge is 0.481 e. The Kier molecular flexibility index (Phi) is 5.32. The second kappa shape index (κ2) is 5.82. The van der Waals surface area contributed by atoms with Gasteiger partial charge in [-0.2, -0.15) is 0 Å². The first-order valence-corrected chi connectivity index (χ1v) is 3.14. The Morgan fingerprint density at radius 3 is 2.45 bits per heavy atom. The predicted octanol–water partition coefficient (Wildman–Crippen LogP) is -0.00170. The first-order chi connectivity index (χ1) is 5.16. The van der Waals surface area contributed by atoms with Crippen molar-refractivity contribution in [1.29, 1.82) is 0 Å². The molecule has 5 heteroatoms. The van der Waals surface area contributed by atoms with Crippen LogP contribution in [0.3, 0.4) is 0 Å². The third-order valence-corrected chi connectivity index (χ3v) is 0.769. The van der Waals surface area contributed by atoms with Gasteiger partial charge in [-0.05, 0) is 6.92 Å². The Morgan fingerprint density at radius 2 is 2.00 bits per heavy atom. The van der Waals surface area contributed by atoms with Crippen LogP contribution in [-0.2, 0) is 19.4 Å². The minimum atomic E-state index is -1.16. The van der Waals surface area contributed by atoms with E-state index in [2.05, 4.69) is 9.78 Å². The molecule has 0 saturated carbocycles. The van der Waals surface area contributed by atoms with Crippen molar-refractivity contribution in [3.63, 3.8) is 0 Å². The number of aliphatic carboxylic acids is 1. The lowest BCUT2D eigenvalue weighted by atomic mass is 10.3. The maximum atomic E-state index is 10.5. The van der Waals surface area contributed by atoms with Crippen molar-refractivity contribution in [2.24, 2.45) is 0 Å². The van der Waals surface area contributed by atoms with Gasteiger partial charge in [-0.15, -0.1) is 0 Å². The van der Waals surface area contributed by atoms with E-state index in [-0.39, 0.29) is 6.61 Å². The van der Waals surface area contributed by atoms with Gasteiger partial charge in [-0.25, -0.2) is 9.78 Å². The van der Waals surface area contributed by atoms with Crippen LogP contribution in [0.2, 0.25) is 0 Å². The fraction of sp³-hybridized carbons (Fsp3) is 0.667. The van der Waals surface area contributed by atoms with Crippen LogP contribution >= 0.6 is 0 Å². The summed E-state index contributed by atoms with van der Waals surface area (Å²) in [6.07, 6.45) is -0.521. The molecule has 0 saturated heterocycles. The molecule has 0 bridgehead atoms. The molecule has 0 aromatic rings. The van der Waals surface area contributed by atoms with E-state index in [9.17, 15) is 9.59 Å². The average Bonchev–Trinajstić information content (AvgIpc) is 1.86. The molecule has 0 fully saturated rings. The van der Waals surface area contributed by atoms with Gasteiger partial charge in [-0.3, -0.25) is 9.59 Å². The Hall–Kier alpha value is -0.940. The molecule has 0 aromatic carbocycles. The van der Waals surface area contributed by atoms with E-state index in [1.807, 2.05) is 0 Å². The number of carbonyl (C=O) groups excluding carboxylic acids is 1. The first-order valence-electron chi connectivity index (χ1n) is 3.14. The molecule has 0 aliphatic rings. The number of ketones is 1. The van der Waals surface area contributed by atoms with E-state index in [0.717, 1.165) is 0 Å². The van der Waals surface area contributed by atoms with Gasteiger partial charge in [0.05, 0.1) is 6.61 Å². The van der Waals surface area contributed by atoms with Crippen molar-refractivity contribution in [2.45, 2.75) is 13.3 Å². The molecule has 0 aromatic heterocycles. The minimum absolute atomic E-state index is 0.305. The van der Waals surface area contributed by atoms with Crippen molar-refractivity contribution in [3.05, 3.63) is 0 Å². The molecule has 0 aliphatic carbocycles. The van der Waals surface area contributed by atoms with E-state index in [1.165, 1.54) is 0 Å². The Bertz CT molecular complexity index is 142. The summed E-state index contributed by atoms with van der Waals surface area (Å²) >= 11 is 0. The monoisotopic (exact) mass is 162 g/mol. The van der Waals surface area contributed by atoms with E-state index in [1.54, 1.807) is 6.92 Å². The van der Waals surface area contributed by atoms with Gasteiger partial charge in [0.1, 0.15) is 13.0 Å². The molecule has 1 N–H and O–H groups in total. The standard InChI is InChI=1S/C6H10O5/c1-2-10-11-4-5(7)3-6(8)9/h2-4H2,1H3,(H,8,9). The van der Waals surface area contributed by atoms with Gasteiger partial charge in [0.25, 0.3) is 0 Å². The Balaban J connectivity index is 3.30. The summed E-state index contributed by atoms with van der Waals surface area (Å²) in [5.41, 5.74) is 0. The van der Waals surface area contributed by atoms with Crippen LogP contribution in [0.15, 0.2) is 0 Å². The van der Waals surface area contributed by atoms with Crippen LogP contribution in [0.4, 0.5) is 0 Å². The minimum Gasteiger partial charge on any atom is -0.481 e. The van der Waals surface area contributed by atoms with Gasteiger partial charge in [-0.1, -0.05) is 0 Å². The molecule has 0 unspecified atom stereocenters. The molecule has 0 radical (unpaired) electrons. The maximum absolute atomic E-state index is 10.5. The Morgan fingerprint density at radius 1 is 1.36 bits per heavy atom. The number of carbonyl (C=O) groups is 2. The van der Waals surface area contributed by atoms with E-state index in [0.29, 0.717) is 6.61 Å². The molecular weight excluding hydrogens is 152 g/mol. The quantitative estimate of drug-likeness (QED) is 0.257. The van der Waals surface area contributed by atoms with Crippen molar-refractivity contribution in [3.8, 4) is 0 Å². The van der Waals surface area contributed by atoms with Gasteiger partial charge in [0.2, 0.25) is 0 Å². The summed E-state index contributed by atoms with van der Waals surface area (Å²) in [4.78, 5) is 29.2. The molecule has 64 valence electrons. The summed E-state index contributed by atoms with van der Waals surface area (Å²) in [6, 6.07) is 0. The number of rotatable bonds is 6. The number of hydrogen-bond donors (Lipinski definition) is 1. The molecule has 11 heavy (non-hydrogen) atoms. The highest BCUT2D eigenvalue weighted by molar-refractivity contribution is 5.95. The van der Waals surface area contributed by atoms with Crippen molar-refractivity contribution < 1.29 is 24.5 Å². The smallest absolute Gasteiger partial charge is 0.310 e. The van der Waals surface area contributed by atoms with Crippen LogP contribution in [0.1, 0.15) is 13.3 Å². The highest BCUT2D eigenvalue weighted by Crippen LogP contribution is 1.85. The predicted molar refractivity (Wildman–Crippen MR) is 34.8 cm³/mol. The third kappa shape index (κ3) is 6.95. The molecule has 0 atom stereocenters. The van der Waals surface area contributed by atoms with E-state index < -0.39 is 18.2 Å². The lowest BCUT2D eigenvalue weighted by Gasteiger charge is -1.97. The second-order valence-corrected chi connectivity index (χ2v) is 1.78. The van der Waals surface area contributed by atoms with Crippen LogP contribution in [0.25, 0.3) is 0 Å². The maximum Gasteiger partial charge on any atom is 0.310 e. The molecule has 0 spiro atoms. The summed E-state index contributed by atoms with van der Waals surface area (Å²) in [7, 11) is 0. The zero-order chi connectivity index (χ0) is 8.69. The molecule has 0 heterocycles. The van der Waals surface area contributed by atoms with Crippen LogP contribution in [0.5, 0.6) is 0 Å². The lowest BCUT2D eigenvalue weighted by molar-refractivity contribution is -0.285. The molecule has 5 nitrogen and oxygen atoms in total. The topological polar surface area (TPSA) is 72.8 Å². The van der Waals surface area contributed by atoms with Crippen LogP contribution < -0.4 is 0 Å². The molecular formula is C6H10O5. The SMILES string of the molecule is CCOOCC(=O)CC(=O)O. The number of carboxylic acids is 1. The summed E-state index contributed by atoms with van der Waals surface area (Å²) in [5, 5.41) is 8.12. The van der Waals surface area contributed by atoms with Crippen molar-refractivity contribution >= 4 is 11.8 Å². The van der Waals surface area contributed by atoms with Gasteiger partial charge in [0, 0.05) is 0 Å². The highest BCUT2D eigenvalue weighted by Gasteiger charge is 2.07. The molecule has 0 amide bonds. The van der Waals surface area contributed by atoms with E-state index in [4.69, 9.17) is 5.11 Å². The average molecular weight is 162 g/mol. The van der Waals surface area contributed by atoms with Gasteiger partial charge in [0.15, 0.2) is 5.78 Å². The normalized spacial score (nSPS) is 9.55. The number of Topliss-reactive ketones (excluding diaryl/α,β-unsaturated/α-hetero) is 1. The zero-order valence-electron chi connectivity index (χ0n) is 6.20. The second-order valence-electron chi connectivity index (χ2n) is 1.78. The summed E-state index contributed by atoms with van der Waals surface area (Å²) in [6.45, 7) is 1.72. The van der Waals surface area contributed by atoms with Crippen molar-refractivity contribution in [1.82, 2.24) is 0 Å². The molecule has 0 aliphatic heterocycles. The summed E-state index contributed by atoms with van der Waals surface area (Å²) in [5.74, 6) is -1.67. The number of hydrogen-bond acceptors (Lipinski definition) is 4. The van der Waals surface area contributed by atoms with Crippen molar-refractivity contribution in [2.75, 3.05) is 13.2 Å². The number of carboxylic acid groups (broad SMARTS) is 1. The fourth-order valence-electron chi connectivity index (χ4n) is 0.410. The summed E-state index contributed by atoms with van der Waals surface area (Å²) < 4.78 is 0. The lowest BCUT2D eigenvalue weighted by Crippen LogP contribution is -2.13. The van der Waals surface area contributed by atoms with Crippen LogP contribution in [-0.4, -0.2) is 30.1 Å². The third-order valence-electron chi connectivity index (χ3n) is 0.769. The van der Waals surface area contributed by atoms with Gasteiger partial charge >= 0.3 is 5.97 Å². The van der Waals surface area contributed by atoms with E-state index >= 15 is 0 Å².